The first-order valence-electron chi connectivity index (χ1n) is 3.77. The highest BCUT2D eigenvalue weighted by Gasteiger charge is 1.97. The van der Waals surface area contributed by atoms with Gasteiger partial charge in [0.1, 0.15) is 5.82 Å². The van der Waals surface area contributed by atoms with Gasteiger partial charge in [0.05, 0.1) is 0 Å². The summed E-state index contributed by atoms with van der Waals surface area (Å²) < 4.78 is 0. The SMILES string of the molecule is C=CCN(C)c1ccnc(N)c1. The second-order valence-electron chi connectivity index (χ2n) is 2.61. The fourth-order valence-corrected chi connectivity index (χ4v) is 0.973. The minimum atomic E-state index is 0.545. The van der Waals surface area contributed by atoms with Gasteiger partial charge in [0.2, 0.25) is 0 Å². The average Bonchev–Trinajstić information content (AvgIpc) is 2.05. The van der Waals surface area contributed by atoms with Crippen molar-refractivity contribution in [3.05, 3.63) is 31.0 Å². The first kappa shape index (κ1) is 8.59. The Hall–Kier alpha value is -1.51. The van der Waals surface area contributed by atoms with E-state index in [1.54, 1.807) is 6.20 Å². The van der Waals surface area contributed by atoms with Crippen molar-refractivity contribution in [1.82, 2.24) is 4.98 Å². The van der Waals surface area contributed by atoms with E-state index < -0.39 is 0 Å². The lowest BCUT2D eigenvalue weighted by Crippen LogP contribution is -2.16. The molecule has 0 fully saturated rings. The summed E-state index contributed by atoms with van der Waals surface area (Å²) in [6.07, 6.45) is 3.54. The molecule has 1 rings (SSSR count). The van der Waals surface area contributed by atoms with Crippen molar-refractivity contribution in [2.45, 2.75) is 0 Å². The molecule has 0 saturated heterocycles. The highest BCUT2D eigenvalue weighted by atomic mass is 15.1. The molecule has 1 heterocycles. The zero-order chi connectivity index (χ0) is 8.97. The summed E-state index contributed by atoms with van der Waals surface area (Å²) >= 11 is 0. The lowest BCUT2D eigenvalue weighted by atomic mass is 10.3. The predicted molar refractivity (Wildman–Crippen MR) is 52.1 cm³/mol. The Kier molecular flexibility index (Phi) is 2.69. The van der Waals surface area contributed by atoms with Crippen LogP contribution in [0.5, 0.6) is 0 Å². The molecule has 0 radical (unpaired) electrons. The van der Waals surface area contributed by atoms with Gasteiger partial charge in [0, 0.05) is 31.5 Å². The zero-order valence-electron chi connectivity index (χ0n) is 7.20. The van der Waals surface area contributed by atoms with E-state index in [1.165, 1.54) is 0 Å². The third-order valence-corrected chi connectivity index (χ3v) is 1.61. The summed E-state index contributed by atoms with van der Waals surface area (Å²) in [5.74, 6) is 0.545. The highest BCUT2D eigenvalue weighted by molar-refractivity contribution is 5.51. The molecular weight excluding hydrogens is 150 g/mol. The molecular formula is C9H13N3. The number of hydrogen-bond donors (Lipinski definition) is 1. The molecule has 0 saturated carbocycles. The van der Waals surface area contributed by atoms with E-state index in [-0.39, 0.29) is 0 Å². The van der Waals surface area contributed by atoms with Gasteiger partial charge in [-0.2, -0.15) is 0 Å². The molecule has 1 aromatic rings. The maximum Gasteiger partial charge on any atom is 0.125 e. The molecule has 1 aromatic heterocycles. The molecule has 0 spiro atoms. The molecule has 0 bridgehead atoms. The number of rotatable bonds is 3. The lowest BCUT2D eigenvalue weighted by Gasteiger charge is -2.16. The average molecular weight is 163 g/mol. The Balaban J connectivity index is 2.80. The molecule has 0 atom stereocenters. The number of pyridine rings is 1. The monoisotopic (exact) mass is 163 g/mol. The molecule has 0 aliphatic heterocycles. The van der Waals surface area contributed by atoms with Crippen LogP contribution in [-0.4, -0.2) is 18.6 Å². The van der Waals surface area contributed by atoms with Crippen LogP contribution < -0.4 is 10.6 Å². The lowest BCUT2D eigenvalue weighted by molar-refractivity contribution is 1.03. The third kappa shape index (κ3) is 1.99. The minimum Gasteiger partial charge on any atom is -0.384 e. The van der Waals surface area contributed by atoms with Crippen molar-refractivity contribution in [1.29, 1.82) is 0 Å². The summed E-state index contributed by atoms with van der Waals surface area (Å²) in [7, 11) is 1.98. The van der Waals surface area contributed by atoms with Crippen molar-refractivity contribution in [2.24, 2.45) is 0 Å². The molecule has 3 heteroatoms. The summed E-state index contributed by atoms with van der Waals surface area (Å²) in [5.41, 5.74) is 6.59. The standard InChI is InChI=1S/C9H13N3/c1-3-6-12(2)8-4-5-11-9(10)7-8/h3-5,7H,1,6H2,2H3,(H2,10,11). The van der Waals surface area contributed by atoms with Gasteiger partial charge in [0.25, 0.3) is 0 Å². The van der Waals surface area contributed by atoms with Crippen LogP contribution in [0.2, 0.25) is 0 Å². The van der Waals surface area contributed by atoms with Crippen LogP contribution in [0.25, 0.3) is 0 Å². The fourth-order valence-electron chi connectivity index (χ4n) is 0.973. The van der Waals surface area contributed by atoms with Crippen molar-refractivity contribution < 1.29 is 0 Å². The molecule has 0 aliphatic carbocycles. The minimum absolute atomic E-state index is 0.545. The Morgan fingerprint density at radius 3 is 3.08 bits per heavy atom. The van der Waals surface area contributed by atoms with E-state index in [0.717, 1.165) is 12.2 Å². The number of nitrogen functional groups attached to an aromatic ring is 1. The van der Waals surface area contributed by atoms with Gasteiger partial charge in [-0.3, -0.25) is 0 Å². The zero-order valence-corrected chi connectivity index (χ0v) is 7.20. The summed E-state index contributed by atoms with van der Waals surface area (Å²) in [5, 5.41) is 0. The van der Waals surface area contributed by atoms with Gasteiger partial charge in [-0.15, -0.1) is 6.58 Å². The van der Waals surface area contributed by atoms with Gasteiger partial charge in [-0.25, -0.2) is 4.98 Å². The van der Waals surface area contributed by atoms with Crippen LogP contribution >= 0.6 is 0 Å². The van der Waals surface area contributed by atoms with E-state index in [0.29, 0.717) is 5.82 Å². The Bertz CT molecular complexity index is 270. The molecule has 0 unspecified atom stereocenters. The Labute approximate surface area is 72.5 Å². The highest BCUT2D eigenvalue weighted by Crippen LogP contribution is 2.12. The maximum absolute atomic E-state index is 5.53. The molecule has 2 N–H and O–H groups in total. The predicted octanol–water partition coefficient (Wildman–Crippen LogP) is 1.29. The van der Waals surface area contributed by atoms with Gasteiger partial charge in [0.15, 0.2) is 0 Å². The number of likely N-dealkylation sites (N-methyl/N-ethyl adjacent to an activating group) is 1. The van der Waals surface area contributed by atoms with E-state index in [4.69, 9.17) is 5.73 Å². The topological polar surface area (TPSA) is 42.2 Å². The fraction of sp³-hybridized carbons (Fsp3) is 0.222. The van der Waals surface area contributed by atoms with Crippen LogP contribution in [-0.2, 0) is 0 Å². The summed E-state index contributed by atoms with van der Waals surface area (Å²) in [6, 6.07) is 3.75. The van der Waals surface area contributed by atoms with Crippen molar-refractivity contribution in [3.8, 4) is 0 Å². The van der Waals surface area contributed by atoms with E-state index >= 15 is 0 Å². The Morgan fingerprint density at radius 1 is 1.75 bits per heavy atom. The third-order valence-electron chi connectivity index (χ3n) is 1.61. The van der Waals surface area contributed by atoms with E-state index in [9.17, 15) is 0 Å². The number of anilines is 2. The molecule has 0 aliphatic rings. The largest absolute Gasteiger partial charge is 0.384 e. The van der Waals surface area contributed by atoms with Crippen LogP contribution in [0.4, 0.5) is 11.5 Å². The second-order valence-corrected chi connectivity index (χ2v) is 2.61. The van der Waals surface area contributed by atoms with Crippen LogP contribution in [0.15, 0.2) is 31.0 Å². The van der Waals surface area contributed by atoms with E-state index in [2.05, 4.69) is 11.6 Å². The van der Waals surface area contributed by atoms with Gasteiger partial charge in [-0.1, -0.05) is 6.08 Å². The number of nitrogens with zero attached hydrogens (tertiary/aromatic N) is 2. The first-order chi connectivity index (χ1) is 5.74. The normalized spacial score (nSPS) is 9.42. The molecule has 12 heavy (non-hydrogen) atoms. The molecule has 64 valence electrons. The maximum atomic E-state index is 5.53. The van der Waals surface area contributed by atoms with Gasteiger partial charge < -0.3 is 10.6 Å². The van der Waals surface area contributed by atoms with Crippen molar-refractivity contribution >= 4 is 11.5 Å². The molecule has 3 nitrogen and oxygen atoms in total. The van der Waals surface area contributed by atoms with Gasteiger partial charge >= 0.3 is 0 Å². The molecule has 0 aromatic carbocycles. The smallest absolute Gasteiger partial charge is 0.125 e. The molecule has 0 amide bonds. The summed E-state index contributed by atoms with van der Waals surface area (Å²) in [4.78, 5) is 5.95. The van der Waals surface area contributed by atoms with Crippen LogP contribution in [0.3, 0.4) is 0 Å². The van der Waals surface area contributed by atoms with Gasteiger partial charge in [-0.05, 0) is 6.07 Å². The first-order valence-corrected chi connectivity index (χ1v) is 3.77. The van der Waals surface area contributed by atoms with Crippen LogP contribution in [0.1, 0.15) is 0 Å². The van der Waals surface area contributed by atoms with Crippen molar-refractivity contribution in [3.63, 3.8) is 0 Å². The summed E-state index contributed by atoms with van der Waals surface area (Å²) in [6.45, 7) is 4.47. The number of hydrogen-bond acceptors (Lipinski definition) is 3. The Morgan fingerprint density at radius 2 is 2.50 bits per heavy atom. The van der Waals surface area contributed by atoms with Crippen LogP contribution in [0, 0.1) is 0 Å². The number of nitrogens with two attached hydrogens (primary N) is 1. The quantitative estimate of drug-likeness (QED) is 0.683. The number of aromatic nitrogens is 1. The van der Waals surface area contributed by atoms with E-state index in [1.807, 2.05) is 30.2 Å². The second kappa shape index (κ2) is 3.76. The van der Waals surface area contributed by atoms with Crippen molar-refractivity contribution in [2.75, 3.05) is 24.2 Å².